The summed E-state index contributed by atoms with van der Waals surface area (Å²) in [5, 5.41) is 17.4. The normalized spacial score (nSPS) is 8.74. The van der Waals surface area contributed by atoms with Crippen LogP contribution in [0.3, 0.4) is 0 Å². The van der Waals surface area contributed by atoms with Crippen molar-refractivity contribution < 1.29 is 0 Å². The molecule has 94 valence electrons. The first-order valence-electron chi connectivity index (χ1n) is 5.83. The molecule has 0 atom stereocenters. The summed E-state index contributed by atoms with van der Waals surface area (Å²) in [6.07, 6.45) is 5.23. The summed E-state index contributed by atoms with van der Waals surface area (Å²) in [5.41, 5.74) is 1.98. The summed E-state index contributed by atoms with van der Waals surface area (Å²) >= 11 is 0. The van der Waals surface area contributed by atoms with E-state index in [4.69, 9.17) is 10.5 Å². The van der Waals surface area contributed by atoms with E-state index in [1.807, 2.05) is 48.6 Å². The van der Waals surface area contributed by atoms with E-state index in [0.717, 1.165) is 24.3 Å². The molecular weight excluding hydrogens is 234 g/mol. The van der Waals surface area contributed by atoms with Crippen molar-refractivity contribution in [2.45, 2.75) is 0 Å². The van der Waals surface area contributed by atoms with E-state index in [1.54, 1.807) is 6.08 Å². The van der Waals surface area contributed by atoms with Crippen molar-refractivity contribution in [2.24, 2.45) is 0 Å². The molecule has 3 heteroatoms. The number of hydrogen-bond donors (Lipinski definition) is 0. The van der Waals surface area contributed by atoms with Crippen LogP contribution in [-0.2, 0) is 0 Å². The number of nitriles is 2. The Morgan fingerprint density at radius 3 is 2.00 bits per heavy atom. The minimum absolute atomic E-state index is 0.0989. The SMILES string of the molecule is C=CCN(CC=C)c1ccc(C=C(C#N)C#N)cc1. The topological polar surface area (TPSA) is 50.8 Å². The first-order valence-corrected chi connectivity index (χ1v) is 5.83. The van der Waals surface area contributed by atoms with Gasteiger partial charge in [-0.15, -0.1) is 13.2 Å². The summed E-state index contributed by atoms with van der Waals surface area (Å²) in [4.78, 5) is 2.11. The second-order valence-electron chi connectivity index (χ2n) is 3.86. The Bertz CT molecular complexity index is 527. The quantitative estimate of drug-likeness (QED) is 0.574. The zero-order valence-electron chi connectivity index (χ0n) is 10.7. The van der Waals surface area contributed by atoms with Crippen molar-refractivity contribution in [3.8, 4) is 12.1 Å². The van der Waals surface area contributed by atoms with Gasteiger partial charge in [0.2, 0.25) is 0 Å². The molecule has 0 aliphatic rings. The van der Waals surface area contributed by atoms with E-state index in [0.29, 0.717) is 0 Å². The molecule has 0 radical (unpaired) electrons. The van der Waals surface area contributed by atoms with Crippen molar-refractivity contribution in [1.82, 2.24) is 0 Å². The fourth-order valence-corrected chi connectivity index (χ4v) is 1.63. The van der Waals surface area contributed by atoms with E-state index < -0.39 is 0 Å². The van der Waals surface area contributed by atoms with Gasteiger partial charge in [0.05, 0.1) is 0 Å². The van der Waals surface area contributed by atoms with Gasteiger partial charge in [-0.1, -0.05) is 24.3 Å². The number of hydrogen-bond acceptors (Lipinski definition) is 3. The largest absolute Gasteiger partial charge is 0.364 e. The van der Waals surface area contributed by atoms with E-state index in [2.05, 4.69) is 18.1 Å². The molecule has 0 aliphatic carbocycles. The van der Waals surface area contributed by atoms with Gasteiger partial charge in [-0.3, -0.25) is 0 Å². The van der Waals surface area contributed by atoms with Crippen LogP contribution in [0.4, 0.5) is 5.69 Å². The molecule has 0 saturated carbocycles. The summed E-state index contributed by atoms with van der Waals surface area (Å²) < 4.78 is 0. The average molecular weight is 249 g/mol. The zero-order valence-corrected chi connectivity index (χ0v) is 10.7. The molecule has 0 aromatic heterocycles. The molecule has 19 heavy (non-hydrogen) atoms. The Morgan fingerprint density at radius 2 is 1.58 bits per heavy atom. The molecule has 0 amide bonds. The number of rotatable bonds is 6. The molecule has 0 N–H and O–H groups in total. The third kappa shape index (κ3) is 4.18. The number of anilines is 1. The monoisotopic (exact) mass is 249 g/mol. The van der Waals surface area contributed by atoms with Gasteiger partial charge in [0.25, 0.3) is 0 Å². The summed E-state index contributed by atoms with van der Waals surface area (Å²) in [6, 6.07) is 11.3. The maximum Gasteiger partial charge on any atom is 0.130 e. The Morgan fingerprint density at radius 1 is 1.05 bits per heavy atom. The average Bonchev–Trinajstić information content (AvgIpc) is 2.45. The minimum atomic E-state index is 0.0989. The maximum absolute atomic E-state index is 8.70. The fraction of sp³-hybridized carbons (Fsp3) is 0.125. The summed E-state index contributed by atoms with van der Waals surface area (Å²) in [5.74, 6) is 0. The molecule has 0 fully saturated rings. The zero-order chi connectivity index (χ0) is 14.1. The molecule has 3 nitrogen and oxygen atoms in total. The van der Waals surface area contributed by atoms with Gasteiger partial charge in [0.15, 0.2) is 0 Å². The van der Waals surface area contributed by atoms with Crippen molar-refractivity contribution in [3.05, 3.63) is 60.7 Å². The minimum Gasteiger partial charge on any atom is -0.364 e. The Hall–Kier alpha value is -2.78. The highest BCUT2D eigenvalue weighted by Gasteiger charge is 2.02. The lowest BCUT2D eigenvalue weighted by molar-refractivity contribution is 0.957. The predicted molar refractivity (Wildman–Crippen MR) is 78.3 cm³/mol. The van der Waals surface area contributed by atoms with Crippen LogP contribution in [0.5, 0.6) is 0 Å². The number of benzene rings is 1. The lowest BCUT2D eigenvalue weighted by atomic mass is 10.1. The first kappa shape index (κ1) is 14.3. The van der Waals surface area contributed by atoms with Gasteiger partial charge in [-0.25, -0.2) is 0 Å². The third-order valence-electron chi connectivity index (χ3n) is 2.51. The molecule has 0 bridgehead atoms. The van der Waals surface area contributed by atoms with Gasteiger partial charge >= 0.3 is 0 Å². The molecule has 0 saturated heterocycles. The van der Waals surface area contributed by atoms with Crippen molar-refractivity contribution in [3.63, 3.8) is 0 Å². The lowest BCUT2D eigenvalue weighted by Crippen LogP contribution is -2.22. The van der Waals surface area contributed by atoms with Crippen LogP contribution in [0.1, 0.15) is 5.56 Å². The van der Waals surface area contributed by atoms with Gasteiger partial charge in [-0.2, -0.15) is 10.5 Å². The van der Waals surface area contributed by atoms with Crippen LogP contribution in [0.25, 0.3) is 6.08 Å². The van der Waals surface area contributed by atoms with E-state index in [9.17, 15) is 0 Å². The van der Waals surface area contributed by atoms with Crippen molar-refractivity contribution in [2.75, 3.05) is 18.0 Å². The van der Waals surface area contributed by atoms with Gasteiger partial charge in [0.1, 0.15) is 17.7 Å². The molecular formula is C16H15N3. The lowest BCUT2D eigenvalue weighted by Gasteiger charge is -2.21. The van der Waals surface area contributed by atoms with E-state index >= 15 is 0 Å². The molecule has 1 aromatic carbocycles. The summed E-state index contributed by atoms with van der Waals surface area (Å²) in [6.45, 7) is 8.94. The first-order chi connectivity index (χ1) is 9.24. The highest BCUT2D eigenvalue weighted by atomic mass is 15.1. The Labute approximate surface area is 114 Å². The standard InChI is InChI=1S/C16H15N3/c1-3-9-19(10-4-2)16-7-5-14(6-8-16)11-15(12-17)13-18/h3-8,11H,1-2,9-10H2. The molecule has 0 aliphatic heterocycles. The van der Waals surface area contributed by atoms with Crippen LogP contribution >= 0.6 is 0 Å². The van der Waals surface area contributed by atoms with E-state index in [-0.39, 0.29) is 5.57 Å². The van der Waals surface area contributed by atoms with Crippen LogP contribution < -0.4 is 4.90 Å². The molecule has 1 rings (SSSR count). The second-order valence-corrected chi connectivity index (χ2v) is 3.86. The third-order valence-corrected chi connectivity index (χ3v) is 2.51. The molecule has 1 aromatic rings. The van der Waals surface area contributed by atoms with Crippen molar-refractivity contribution in [1.29, 1.82) is 10.5 Å². The smallest absolute Gasteiger partial charge is 0.130 e. The van der Waals surface area contributed by atoms with Gasteiger partial charge in [0, 0.05) is 18.8 Å². The second kappa shape index (κ2) is 7.53. The van der Waals surface area contributed by atoms with E-state index in [1.165, 1.54) is 0 Å². The Balaban J connectivity index is 2.95. The van der Waals surface area contributed by atoms with Crippen molar-refractivity contribution >= 4 is 11.8 Å². The van der Waals surface area contributed by atoms with Crippen LogP contribution in [0.15, 0.2) is 55.1 Å². The van der Waals surface area contributed by atoms with Crippen LogP contribution in [0, 0.1) is 22.7 Å². The summed E-state index contributed by atoms with van der Waals surface area (Å²) in [7, 11) is 0. The molecule has 0 heterocycles. The number of nitrogens with zero attached hydrogens (tertiary/aromatic N) is 3. The van der Waals surface area contributed by atoms with Crippen LogP contribution in [0.2, 0.25) is 0 Å². The Kier molecular flexibility index (Phi) is 5.66. The fourth-order valence-electron chi connectivity index (χ4n) is 1.63. The number of allylic oxidation sites excluding steroid dienone is 1. The maximum atomic E-state index is 8.70. The van der Waals surface area contributed by atoms with Gasteiger partial charge < -0.3 is 4.90 Å². The highest BCUT2D eigenvalue weighted by Crippen LogP contribution is 2.16. The van der Waals surface area contributed by atoms with Crippen LogP contribution in [-0.4, -0.2) is 13.1 Å². The highest BCUT2D eigenvalue weighted by molar-refractivity contribution is 5.64. The molecule has 0 spiro atoms. The van der Waals surface area contributed by atoms with Gasteiger partial charge in [-0.05, 0) is 23.8 Å². The molecule has 0 unspecified atom stereocenters. The predicted octanol–water partition coefficient (Wildman–Crippen LogP) is 3.30.